The zero-order valence-corrected chi connectivity index (χ0v) is 15.5. The summed E-state index contributed by atoms with van der Waals surface area (Å²) in [5.74, 6) is 0.365. The molecular formula is C21H21NO2S. The van der Waals surface area contributed by atoms with E-state index in [-0.39, 0.29) is 11.8 Å². The molecule has 1 aliphatic rings. The highest BCUT2D eigenvalue weighted by Gasteiger charge is 2.38. The van der Waals surface area contributed by atoms with Crippen LogP contribution >= 0.6 is 11.8 Å². The molecule has 1 heterocycles. The van der Waals surface area contributed by atoms with Gasteiger partial charge in [-0.15, -0.1) is 11.8 Å². The molecule has 0 atom stereocenters. The van der Waals surface area contributed by atoms with Crippen molar-refractivity contribution in [1.82, 2.24) is 4.90 Å². The average molecular weight is 351 g/mol. The van der Waals surface area contributed by atoms with E-state index in [2.05, 4.69) is 0 Å². The van der Waals surface area contributed by atoms with Crippen molar-refractivity contribution in [2.45, 2.75) is 27.3 Å². The van der Waals surface area contributed by atoms with Gasteiger partial charge in [0.25, 0.3) is 11.8 Å². The predicted octanol–water partition coefficient (Wildman–Crippen LogP) is 4.34. The van der Waals surface area contributed by atoms with Crippen molar-refractivity contribution in [3.8, 4) is 0 Å². The smallest absolute Gasteiger partial charge is 0.268 e. The van der Waals surface area contributed by atoms with Crippen molar-refractivity contribution in [3.05, 3.63) is 75.7 Å². The van der Waals surface area contributed by atoms with Gasteiger partial charge in [0, 0.05) is 0 Å². The third kappa shape index (κ3) is 3.40. The van der Waals surface area contributed by atoms with Gasteiger partial charge in [0.05, 0.1) is 17.0 Å². The minimum absolute atomic E-state index is 0.186. The molecule has 0 aromatic heterocycles. The van der Waals surface area contributed by atoms with Gasteiger partial charge in [0.2, 0.25) is 0 Å². The summed E-state index contributed by atoms with van der Waals surface area (Å²) in [7, 11) is 0. The molecule has 0 aliphatic carbocycles. The van der Waals surface area contributed by atoms with Crippen LogP contribution in [0.3, 0.4) is 0 Å². The normalized spacial score (nSPS) is 14.6. The lowest BCUT2D eigenvalue weighted by Gasteiger charge is -2.15. The highest BCUT2D eigenvalue weighted by Crippen LogP contribution is 2.37. The lowest BCUT2D eigenvalue weighted by atomic mass is 10.0. The first-order valence-electron chi connectivity index (χ1n) is 8.37. The summed E-state index contributed by atoms with van der Waals surface area (Å²) in [5.41, 5.74) is 4.61. The Morgan fingerprint density at radius 1 is 0.920 bits per heavy atom. The number of nitrogens with zero attached hydrogens (tertiary/aromatic N) is 1. The number of carbonyl (C=O) groups is 2. The topological polar surface area (TPSA) is 37.4 Å². The van der Waals surface area contributed by atoms with Crippen LogP contribution in [0, 0.1) is 13.8 Å². The van der Waals surface area contributed by atoms with Gasteiger partial charge in [-0.05, 0) is 41.9 Å². The summed E-state index contributed by atoms with van der Waals surface area (Å²) in [5, 5.41) is 0. The molecule has 25 heavy (non-hydrogen) atoms. The van der Waals surface area contributed by atoms with E-state index < -0.39 is 0 Å². The molecule has 0 radical (unpaired) electrons. The van der Waals surface area contributed by atoms with Gasteiger partial charge in [-0.25, -0.2) is 0 Å². The van der Waals surface area contributed by atoms with Gasteiger partial charge in [-0.1, -0.05) is 55.5 Å². The van der Waals surface area contributed by atoms with E-state index in [1.807, 2.05) is 69.3 Å². The monoisotopic (exact) mass is 351 g/mol. The number of amides is 2. The molecule has 2 amide bonds. The number of hydrogen-bond donors (Lipinski definition) is 0. The molecular weight excluding hydrogens is 330 g/mol. The van der Waals surface area contributed by atoms with Gasteiger partial charge < -0.3 is 0 Å². The third-order valence-electron chi connectivity index (χ3n) is 4.39. The van der Waals surface area contributed by atoms with E-state index in [4.69, 9.17) is 0 Å². The van der Waals surface area contributed by atoms with Gasteiger partial charge in [-0.2, -0.15) is 0 Å². The standard InChI is InChI=1S/C21H21NO2S/c1-4-25-19-18(17-11-10-14(2)15(3)12-17)20(23)22(21(19)24)13-16-8-6-5-7-9-16/h5-12H,4,13H2,1-3H3. The average Bonchev–Trinajstić information content (AvgIpc) is 2.83. The Hall–Kier alpha value is -2.33. The van der Waals surface area contributed by atoms with Gasteiger partial charge in [-0.3, -0.25) is 14.5 Å². The Morgan fingerprint density at radius 3 is 2.28 bits per heavy atom. The Morgan fingerprint density at radius 2 is 1.64 bits per heavy atom. The van der Waals surface area contributed by atoms with Gasteiger partial charge in [0.15, 0.2) is 0 Å². The van der Waals surface area contributed by atoms with Crippen molar-refractivity contribution >= 4 is 29.1 Å². The first kappa shape index (κ1) is 17.5. The molecule has 4 heteroatoms. The first-order chi connectivity index (χ1) is 12.0. The lowest BCUT2D eigenvalue weighted by Crippen LogP contribution is -2.30. The molecule has 128 valence electrons. The number of hydrogen-bond acceptors (Lipinski definition) is 3. The predicted molar refractivity (Wildman–Crippen MR) is 103 cm³/mol. The van der Waals surface area contributed by atoms with E-state index in [1.54, 1.807) is 0 Å². The summed E-state index contributed by atoms with van der Waals surface area (Å²) in [6, 6.07) is 15.6. The maximum Gasteiger partial charge on any atom is 0.268 e. The van der Waals surface area contributed by atoms with Crippen LogP contribution < -0.4 is 0 Å². The number of benzene rings is 2. The van der Waals surface area contributed by atoms with Gasteiger partial charge >= 0.3 is 0 Å². The Kier molecular flexibility index (Phi) is 5.09. The second-order valence-corrected chi connectivity index (χ2v) is 7.39. The van der Waals surface area contributed by atoms with Crippen LogP contribution in [-0.2, 0) is 16.1 Å². The minimum Gasteiger partial charge on any atom is -0.269 e. The molecule has 0 N–H and O–H groups in total. The van der Waals surface area contributed by atoms with E-state index in [9.17, 15) is 9.59 Å². The maximum absolute atomic E-state index is 13.0. The Labute approximate surface area is 152 Å². The fourth-order valence-corrected chi connectivity index (χ4v) is 3.77. The molecule has 0 spiro atoms. The van der Waals surface area contributed by atoms with Crippen LogP contribution in [0.25, 0.3) is 5.57 Å². The number of rotatable bonds is 5. The molecule has 2 aromatic carbocycles. The van der Waals surface area contributed by atoms with Crippen LogP contribution in [0.2, 0.25) is 0 Å². The molecule has 3 rings (SSSR count). The molecule has 3 nitrogen and oxygen atoms in total. The van der Waals surface area contributed by atoms with E-state index >= 15 is 0 Å². The fourth-order valence-electron chi connectivity index (χ4n) is 2.89. The largest absolute Gasteiger partial charge is 0.269 e. The number of thioether (sulfide) groups is 1. The highest BCUT2D eigenvalue weighted by molar-refractivity contribution is 8.04. The molecule has 0 bridgehead atoms. The van der Waals surface area contributed by atoms with Crippen LogP contribution in [-0.4, -0.2) is 22.5 Å². The van der Waals surface area contributed by atoms with Crippen LogP contribution in [0.15, 0.2) is 53.4 Å². The zero-order valence-electron chi connectivity index (χ0n) is 14.7. The van der Waals surface area contributed by atoms with Crippen molar-refractivity contribution in [1.29, 1.82) is 0 Å². The number of imide groups is 1. The molecule has 0 fully saturated rings. The second kappa shape index (κ2) is 7.28. The van der Waals surface area contributed by atoms with E-state index in [0.717, 1.165) is 22.4 Å². The Balaban J connectivity index is 2.00. The highest BCUT2D eigenvalue weighted by atomic mass is 32.2. The fraction of sp³-hybridized carbons (Fsp3) is 0.238. The van der Waals surface area contributed by atoms with Gasteiger partial charge in [0.1, 0.15) is 0 Å². The summed E-state index contributed by atoms with van der Waals surface area (Å²) < 4.78 is 0. The molecule has 0 saturated carbocycles. The summed E-state index contributed by atoms with van der Waals surface area (Å²) in [4.78, 5) is 27.8. The summed E-state index contributed by atoms with van der Waals surface area (Å²) in [6.07, 6.45) is 0. The molecule has 1 aliphatic heterocycles. The van der Waals surface area contributed by atoms with Crippen LogP contribution in [0.5, 0.6) is 0 Å². The van der Waals surface area contributed by atoms with E-state index in [1.165, 1.54) is 22.2 Å². The first-order valence-corrected chi connectivity index (χ1v) is 9.36. The molecule has 0 unspecified atom stereocenters. The number of carbonyl (C=O) groups excluding carboxylic acids is 2. The van der Waals surface area contributed by atoms with E-state index in [0.29, 0.717) is 17.0 Å². The third-order valence-corrected chi connectivity index (χ3v) is 5.35. The second-order valence-electron chi connectivity index (χ2n) is 6.12. The van der Waals surface area contributed by atoms with Crippen LogP contribution in [0.4, 0.5) is 0 Å². The number of aryl methyl sites for hydroxylation is 2. The van der Waals surface area contributed by atoms with Crippen molar-refractivity contribution in [3.63, 3.8) is 0 Å². The van der Waals surface area contributed by atoms with Crippen LogP contribution in [0.1, 0.15) is 29.2 Å². The van der Waals surface area contributed by atoms with Crippen molar-refractivity contribution in [2.24, 2.45) is 0 Å². The lowest BCUT2D eigenvalue weighted by molar-refractivity contribution is -0.137. The Bertz CT molecular complexity index is 855. The molecule has 0 saturated heterocycles. The van der Waals surface area contributed by atoms with Crippen molar-refractivity contribution in [2.75, 3.05) is 5.75 Å². The minimum atomic E-state index is -0.201. The summed E-state index contributed by atoms with van der Waals surface area (Å²) in [6.45, 7) is 6.36. The summed E-state index contributed by atoms with van der Waals surface area (Å²) >= 11 is 1.45. The van der Waals surface area contributed by atoms with Crippen molar-refractivity contribution < 1.29 is 9.59 Å². The SMILES string of the molecule is CCSC1=C(c2ccc(C)c(C)c2)C(=O)N(Cc2ccccc2)C1=O. The maximum atomic E-state index is 13.0. The zero-order chi connectivity index (χ0) is 18.0. The molecule has 2 aromatic rings. The quantitative estimate of drug-likeness (QED) is 0.752.